The molecular formula is C17H21NO. The zero-order chi connectivity index (χ0) is 13.7. The lowest BCUT2D eigenvalue weighted by Gasteiger charge is -2.10. The number of hydrogen-bond acceptors (Lipinski definition) is 2. The number of nitrogens with two attached hydrogens (primary N) is 1. The van der Waals surface area contributed by atoms with E-state index >= 15 is 0 Å². The Bertz CT molecular complexity index is 531. The minimum atomic E-state index is 0.604. The molecule has 0 aromatic heterocycles. The van der Waals surface area contributed by atoms with E-state index in [1.54, 1.807) is 0 Å². The van der Waals surface area contributed by atoms with Crippen molar-refractivity contribution in [2.24, 2.45) is 5.73 Å². The van der Waals surface area contributed by atoms with Crippen LogP contribution in [-0.4, -0.2) is 6.54 Å². The third-order valence-corrected chi connectivity index (χ3v) is 3.18. The Kier molecular flexibility index (Phi) is 4.58. The molecule has 2 rings (SSSR count). The normalized spacial score (nSPS) is 10.5. The van der Waals surface area contributed by atoms with Gasteiger partial charge in [0.15, 0.2) is 0 Å². The molecule has 19 heavy (non-hydrogen) atoms. The van der Waals surface area contributed by atoms with Gasteiger partial charge in [-0.2, -0.15) is 0 Å². The van der Waals surface area contributed by atoms with Gasteiger partial charge in [0.25, 0.3) is 0 Å². The molecule has 0 aliphatic heterocycles. The van der Waals surface area contributed by atoms with Gasteiger partial charge < -0.3 is 10.5 Å². The van der Waals surface area contributed by atoms with Crippen LogP contribution in [0.5, 0.6) is 5.75 Å². The van der Waals surface area contributed by atoms with E-state index in [0.717, 1.165) is 12.2 Å². The highest BCUT2D eigenvalue weighted by Crippen LogP contribution is 2.20. The first kappa shape index (κ1) is 13.6. The van der Waals surface area contributed by atoms with Crippen LogP contribution in [0.3, 0.4) is 0 Å². The summed E-state index contributed by atoms with van der Waals surface area (Å²) in [6.45, 7) is 5.46. The fourth-order valence-corrected chi connectivity index (χ4v) is 2.09. The summed E-state index contributed by atoms with van der Waals surface area (Å²) in [5, 5.41) is 0. The molecule has 2 aromatic rings. The Morgan fingerprint density at radius 2 is 1.63 bits per heavy atom. The van der Waals surface area contributed by atoms with E-state index in [4.69, 9.17) is 10.5 Å². The van der Waals surface area contributed by atoms with Gasteiger partial charge in [-0.25, -0.2) is 0 Å². The van der Waals surface area contributed by atoms with Crippen LogP contribution >= 0.6 is 0 Å². The van der Waals surface area contributed by atoms with Crippen LogP contribution in [0.15, 0.2) is 42.5 Å². The standard InChI is InChI=1S/C17H21NO/c1-13-3-8-17(14(2)11-13)19-12-16-6-4-15(5-7-16)9-10-18/h3-8,11H,9-10,12,18H2,1-2H3. The van der Waals surface area contributed by atoms with Gasteiger partial charge >= 0.3 is 0 Å². The van der Waals surface area contributed by atoms with Crippen LogP contribution in [-0.2, 0) is 13.0 Å². The highest BCUT2D eigenvalue weighted by atomic mass is 16.5. The van der Waals surface area contributed by atoms with Crippen molar-refractivity contribution in [2.75, 3.05) is 6.54 Å². The first-order chi connectivity index (χ1) is 9.19. The van der Waals surface area contributed by atoms with Crippen molar-refractivity contribution in [3.63, 3.8) is 0 Å². The number of aryl methyl sites for hydroxylation is 2. The van der Waals surface area contributed by atoms with Gasteiger partial charge in [0, 0.05) is 0 Å². The maximum Gasteiger partial charge on any atom is 0.122 e. The molecule has 2 aromatic carbocycles. The Hall–Kier alpha value is -1.80. The van der Waals surface area contributed by atoms with Gasteiger partial charge in [-0.05, 0) is 49.6 Å². The Morgan fingerprint density at radius 3 is 2.26 bits per heavy atom. The molecule has 0 radical (unpaired) electrons. The molecule has 2 nitrogen and oxygen atoms in total. The van der Waals surface area contributed by atoms with E-state index in [9.17, 15) is 0 Å². The van der Waals surface area contributed by atoms with Gasteiger partial charge in [-0.15, -0.1) is 0 Å². The molecule has 0 amide bonds. The molecule has 0 saturated heterocycles. The zero-order valence-corrected chi connectivity index (χ0v) is 11.6. The minimum absolute atomic E-state index is 0.604. The highest BCUT2D eigenvalue weighted by Gasteiger charge is 2.00. The molecule has 2 N–H and O–H groups in total. The first-order valence-electron chi connectivity index (χ1n) is 6.67. The van der Waals surface area contributed by atoms with Crippen LogP contribution in [0.25, 0.3) is 0 Å². The minimum Gasteiger partial charge on any atom is -0.489 e. The molecule has 0 heterocycles. The maximum absolute atomic E-state index is 5.85. The summed E-state index contributed by atoms with van der Waals surface area (Å²) in [5.41, 5.74) is 10.4. The predicted octanol–water partition coefficient (Wildman–Crippen LogP) is 3.38. The summed E-state index contributed by atoms with van der Waals surface area (Å²) >= 11 is 0. The molecule has 0 saturated carbocycles. The molecule has 0 fully saturated rings. The second kappa shape index (κ2) is 6.39. The second-order valence-corrected chi connectivity index (χ2v) is 4.91. The SMILES string of the molecule is Cc1ccc(OCc2ccc(CCN)cc2)c(C)c1. The van der Waals surface area contributed by atoms with Crippen molar-refractivity contribution in [1.82, 2.24) is 0 Å². The average Bonchev–Trinajstić information content (AvgIpc) is 2.40. The summed E-state index contributed by atoms with van der Waals surface area (Å²) in [6.07, 6.45) is 0.929. The van der Waals surface area contributed by atoms with E-state index in [-0.39, 0.29) is 0 Å². The van der Waals surface area contributed by atoms with Crippen LogP contribution in [0, 0.1) is 13.8 Å². The fourth-order valence-electron chi connectivity index (χ4n) is 2.09. The van der Waals surface area contributed by atoms with E-state index in [1.807, 2.05) is 6.07 Å². The number of hydrogen-bond donors (Lipinski definition) is 1. The fraction of sp³-hybridized carbons (Fsp3) is 0.294. The Morgan fingerprint density at radius 1 is 0.947 bits per heavy atom. The third-order valence-electron chi connectivity index (χ3n) is 3.18. The lowest BCUT2D eigenvalue weighted by Crippen LogP contribution is -2.03. The molecule has 2 heteroatoms. The zero-order valence-electron chi connectivity index (χ0n) is 11.6. The summed E-state index contributed by atoms with van der Waals surface area (Å²) < 4.78 is 5.85. The highest BCUT2D eigenvalue weighted by molar-refractivity contribution is 5.36. The number of benzene rings is 2. The molecule has 100 valence electrons. The summed E-state index contributed by atoms with van der Waals surface area (Å²) in [6, 6.07) is 14.7. The van der Waals surface area contributed by atoms with Crippen molar-refractivity contribution >= 4 is 0 Å². The lowest BCUT2D eigenvalue weighted by atomic mass is 10.1. The van der Waals surface area contributed by atoms with Crippen molar-refractivity contribution in [2.45, 2.75) is 26.9 Å². The van der Waals surface area contributed by atoms with Gasteiger partial charge in [0.2, 0.25) is 0 Å². The Labute approximate surface area is 115 Å². The van der Waals surface area contributed by atoms with Crippen LogP contribution in [0.1, 0.15) is 22.3 Å². The van der Waals surface area contributed by atoms with E-state index < -0.39 is 0 Å². The summed E-state index contributed by atoms with van der Waals surface area (Å²) in [7, 11) is 0. The van der Waals surface area contributed by atoms with Crippen molar-refractivity contribution < 1.29 is 4.74 Å². The van der Waals surface area contributed by atoms with Gasteiger partial charge in [-0.1, -0.05) is 42.0 Å². The maximum atomic E-state index is 5.85. The molecule has 0 spiro atoms. The van der Waals surface area contributed by atoms with Gasteiger partial charge in [0.05, 0.1) is 0 Å². The first-order valence-corrected chi connectivity index (χ1v) is 6.67. The lowest BCUT2D eigenvalue weighted by molar-refractivity contribution is 0.304. The second-order valence-electron chi connectivity index (χ2n) is 4.91. The predicted molar refractivity (Wildman–Crippen MR) is 79.4 cm³/mol. The smallest absolute Gasteiger partial charge is 0.122 e. The summed E-state index contributed by atoms with van der Waals surface area (Å²) in [4.78, 5) is 0. The molecule has 0 unspecified atom stereocenters. The summed E-state index contributed by atoms with van der Waals surface area (Å²) in [5.74, 6) is 0.955. The van der Waals surface area contributed by atoms with Crippen LogP contribution in [0.4, 0.5) is 0 Å². The van der Waals surface area contributed by atoms with E-state index in [0.29, 0.717) is 13.2 Å². The molecule has 0 bridgehead atoms. The van der Waals surface area contributed by atoms with Crippen LogP contribution < -0.4 is 10.5 Å². The molecule has 0 aliphatic carbocycles. The Balaban J connectivity index is 1.98. The number of rotatable bonds is 5. The average molecular weight is 255 g/mol. The quantitative estimate of drug-likeness (QED) is 0.889. The van der Waals surface area contributed by atoms with Crippen molar-refractivity contribution in [3.05, 3.63) is 64.7 Å². The van der Waals surface area contributed by atoms with Gasteiger partial charge in [0.1, 0.15) is 12.4 Å². The van der Waals surface area contributed by atoms with Crippen molar-refractivity contribution in [1.29, 1.82) is 0 Å². The molecular weight excluding hydrogens is 234 g/mol. The third kappa shape index (κ3) is 3.83. The monoisotopic (exact) mass is 255 g/mol. The van der Waals surface area contributed by atoms with E-state index in [1.165, 1.54) is 22.3 Å². The molecule has 0 aliphatic rings. The van der Waals surface area contributed by atoms with E-state index in [2.05, 4.69) is 50.2 Å². The molecule has 0 atom stereocenters. The van der Waals surface area contributed by atoms with Crippen molar-refractivity contribution in [3.8, 4) is 5.75 Å². The number of ether oxygens (including phenoxy) is 1. The largest absolute Gasteiger partial charge is 0.489 e. The van der Waals surface area contributed by atoms with Crippen LogP contribution in [0.2, 0.25) is 0 Å². The topological polar surface area (TPSA) is 35.2 Å². The van der Waals surface area contributed by atoms with Gasteiger partial charge in [-0.3, -0.25) is 0 Å².